The molecule has 0 aliphatic rings. The van der Waals surface area contributed by atoms with E-state index in [0.29, 0.717) is 23.7 Å². The predicted molar refractivity (Wildman–Crippen MR) is 72.6 cm³/mol. The SMILES string of the molecule is COCCCN(C)C(=O)c1cc(Cl)cc(Br)c1. The summed E-state index contributed by atoms with van der Waals surface area (Å²) < 4.78 is 5.75. The number of halogens is 2. The molecule has 1 rings (SSSR count). The highest BCUT2D eigenvalue weighted by Crippen LogP contribution is 2.20. The lowest BCUT2D eigenvalue weighted by molar-refractivity contribution is 0.0779. The van der Waals surface area contributed by atoms with E-state index in [0.717, 1.165) is 10.9 Å². The van der Waals surface area contributed by atoms with Crippen LogP contribution in [0.2, 0.25) is 5.02 Å². The monoisotopic (exact) mass is 319 g/mol. The van der Waals surface area contributed by atoms with Crippen molar-refractivity contribution in [3.63, 3.8) is 0 Å². The van der Waals surface area contributed by atoms with E-state index >= 15 is 0 Å². The Balaban J connectivity index is 2.68. The fraction of sp³-hybridized carbons (Fsp3) is 0.417. The van der Waals surface area contributed by atoms with Crippen LogP contribution in [0.15, 0.2) is 22.7 Å². The Morgan fingerprint density at radius 3 is 2.76 bits per heavy atom. The topological polar surface area (TPSA) is 29.5 Å². The first-order valence-electron chi connectivity index (χ1n) is 5.25. The van der Waals surface area contributed by atoms with Crippen LogP contribution in [0.25, 0.3) is 0 Å². The fourth-order valence-electron chi connectivity index (χ4n) is 1.45. The van der Waals surface area contributed by atoms with Gasteiger partial charge in [0.15, 0.2) is 0 Å². The molecule has 94 valence electrons. The lowest BCUT2D eigenvalue weighted by Crippen LogP contribution is -2.28. The minimum atomic E-state index is -0.0377. The zero-order valence-electron chi connectivity index (χ0n) is 9.87. The summed E-state index contributed by atoms with van der Waals surface area (Å²) in [6.45, 7) is 1.31. The second-order valence-corrected chi connectivity index (χ2v) is 5.08. The molecule has 0 radical (unpaired) electrons. The average Bonchev–Trinajstić information content (AvgIpc) is 2.27. The number of amides is 1. The molecule has 3 nitrogen and oxygen atoms in total. The Hall–Kier alpha value is -0.580. The van der Waals surface area contributed by atoms with Crippen molar-refractivity contribution in [1.82, 2.24) is 4.90 Å². The summed E-state index contributed by atoms with van der Waals surface area (Å²) >= 11 is 9.22. The smallest absolute Gasteiger partial charge is 0.253 e. The first kappa shape index (κ1) is 14.5. The average molecular weight is 321 g/mol. The van der Waals surface area contributed by atoms with Crippen LogP contribution in [0, 0.1) is 0 Å². The maximum Gasteiger partial charge on any atom is 0.253 e. The molecule has 0 aliphatic heterocycles. The van der Waals surface area contributed by atoms with E-state index in [4.69, 9.17) is 16.3 Å². The van der Waals surface area contributed by atoms with Crippen molar-refractivity contribution in [3.8, 4) is 0 Å². The van der Waals surface area contributed by atoms with E-state index in [9.17, 15) is 4.79 Å². The largest absolute Gasteiger partial charge is 0.385 e. The Morgan fingerprint density at radius 2 is 2.18 bits per heavy atom. The van der Waals surface area contributed by atoms with Gasteiger partial charge in [-0.2, -0.15) is 0 Å². The number of benzene rings is 1. The second-order valence-electron chi connectivity index (χ2n) is 3.73. The van der Waals surface area contributed by atoms with Crippen molar-refractivity contribution >= 4 is 33.4 Å². The highest BCUT2D eigenvalue weighted by atomic mass is 79.9. The molecular weight excluding hydrogens is 305 g/mol. The highest BCUT2D eigenvalue weighted by molar-refractivity contribution is 9.10. The Labute approximate surface area is 115 Å². The van der Waals surface area contributed by atoms with Gasteiger partial charge in [0.1, 0.15) is 0 Å². The van der Waals surface area contributed by atoms with Crippen LogP contribution < -0.4 is 0 Å². The standard InChI is InChI=1S/C12H15BrClNO2/c1-15(4-3-5-17-2)12(16)9-6-10(13)8-11(14)7-9/h6-8H,3-5H2,1-2H3. The van der Waals surface area contributed by atoms with Gasteiger partial charge in [-0.25, -0.2) is 0 Å². The molecule has 1 aromatic rings. The van der Waals surface area contributed by atoms with Crippen molar-refractivity contribution in [3.05, 3.63) is 33.3 Å². The molecule has 0 N–H and O–H groups in total. The van der Waals surface area contributed by atoms with Crippen LogP contribution in [-0.2, 0) is 4.74 Å². The molecule has 1 aromatic carbocycles. The minimum absolute atomic E-state index is 0.0377. The van der Waals surface area contributed by atoms with Crippen LogP contribution in [0.4, 0.5) is 0 Å². The van der Waals surface area contributed by atoms with Gasteiger partial charge in [0.2, 0.25) is 0 Å². The van der Waals surface area contributed by atoms with E-state index in [1.807, 2.05) is 0 Å². The molecule has 0 saturated carbocycles. The number of carbonyl (C=O) groups excluding carboxylic acids is 1. The molecule has 0 saturated heterocycles. The van der Waals surface area contributed by atoms with E-state index in [2.05, 4.69) is 15.9 Å². The third kappa shape index (κ3) is 4.66. The Morgan fingerprint density at radius 1 is 1.47 bits per heavy atom. The number of carbonyl (C=O) groups is 1. The summed E-state index contributed by atoms with van der Waals surface area (Å²) in [7, 11) is 3.42. The van der Waals surface area contributed by atoms with E-state index in [1.165, 1.54) is 0 Å². The summed E-state index contributed by atoms with van der Waals surface area (Å²) in [5.41, 5.74) is 0.587. The van der Waals surface area contributed by atoms with Crippen LogP contribution >= 0.6 is 27.5 Å². The zero-order chi connectivity index (χ0) is 12.8. The molecule has 0 aliphatic carbocycles. The summed E-state index contributed by atoms with van der Waals surface area (Å²) in [5.74, 6) is -0.0377. The molecule has 5 heteroatoms. The molecule has 0 bridgehead atoms. The molecule has 0 aromatic heterocycles. The van der Waals surface area contributed by atoms with E-state index in [-0.39, 0.29) is 5.91 Å². The lowest BCUT2D eigenvalue weighted by Gasteiger charge is -2.17. The van der Waals surface area contributed by atoms with Gasteiger partial charge in [-0.3, -0.25) is 4.79 Å². The Kier molecular flexibility index (Phi) is 5.95. The molecule has 0 heterocycles. The van der Waals surface area contributed by atoms with Crippen molar-refractivity contribution in [2.75, 3.05) is 27.3 Å². The summed E-state index contributed by atoms with van der Waals surface area (Å²) in [6.07, 6.45) is 0.820. The van der Waals surface area contributed by atoms with Crippen LogP contribution in [-0.4, -0.2) is 38.1 Å². The second kappa shape index (κ2) is 6.99. The molecule has 0 spiro atoms. The van der Waals surface area contributed by atoms with Crippen molar-refractivity contribution < 1.29 is 9.53 Å². The van der Waals surface area contributed by atoms with Gasteiger partial charge >= 0.3 is 0 Å². The maximum absolute atomic E-state index is 12.0. The molecular formula is C12H15BrClNO2. The fourth-order valence-corrected chi connectivity index (χ4v) is 2.31. The van der Waals surface area contributed by atoms with Crippen molar-refractivity contribution in [2.24, 2.45) is 0 Å². The van der Waals surface area contributed by atoms with Gasteiger partial charge in [-0.05, 0) is 24.6 Å². The Bertz CT molecular complexity index is 378. The lowest BCUT2D eigenvalue weighted by atomic mass is 10.2. The van der Waals surface area contributed by atoms with E-state index in [1.54, 1.807) is 37.3 Å². The quantitative estimate of drug-likeness (QED) is 0.780. The normalized spacial score (nSPS) is 10.4. The van der Waals surface area contributed by atoms with Gasteiger partial charge in [0.25, 0.3) is 5.91 Å². The van der Waals surface area contributed by atoms with Gasteiger partial charge in [0.05, 0.1) is 0 Å². The van der Waals surface area contributed by atoms with Crippen molar-refractivity contribution in [1.29, 1.82) is 0 Å². The first-order valence-corrected chi connectivity index (χ1v) is 6.42. The predicted octanol–water partition coefficient (Wildman–Crippen LogP) is 3.21. The molecule has 0 unspecified atom stereocenters. The van der Waals surface area contributed by atoms with Crippen LogP contribution in [0.3, 0.4) is 0 Å². The zero-order valence-corrected chi connectivity index (χ0v) is 12.2. The summed E-state index contributed by atoms with van der Waals surface area (Å²) in [4.78, 5) is 13.7. The first-order chi connectivity index (χ1) is 8.04. The number of methoxy groups -OCH3 is 1. The number of hydrogen-bond acceptors (Lipinski definition) is 2. The van der Waals surface area contributed by atoms with Gasteiger partial charge in [-0.1, -0.05) is 27.5 Å². The summed E-state index contributed by atoms with van der Waals surface area (Å²) in [5, 5.41) is 0.549. The van der Waals surface area contributed by atoms with Gasteiger partial charge in [-0.15, -0.1) is 0 Å². The van der Waals surface area contributed by atoms with Crippen LogP contribution in [0.1, 0.15) is 16.8 Å². The van der Waals surface area contributed by atoms with Gasteiger partial charge < -0.3 is 9.64 Å². The molecule has 17 heavy (non-hydrogen) atoms. The number of rotatable bonds is 5. The molecule has 0 fully saturated rings. The minimum Gasteiger partial charge on any atom is -0.385 e. The number of nitrogens with zero attached hydrogens (tertiary/aromatic N) is 1. The molecule has 0 atom stereocenters. The highest BCUT2D eigenvalue weighted by Gasteiger charge is 2.12. The number of ether oxygens (including phenoxy) is 1. The number of hydrogen-bond donors (Lipinski definition) is 0. The third-order valence-corrected chi connectivity index (χ3v) is 2.97. The maximum atomic E-state index is 12.0. The summed E-state index contributed by atoms with van der Waals surface area (Å²) in [6, 6.07) is 5.19. The third-order valence-electron chi connectivity index (χ3n) is 2.30. The van der Waals surface area contributed by atoms with Crippen molar-refractivity contribution in [2.45, 2.75) is 6.42 Å². The van der Waals surface area contributed by atoms with Gasteiger partial charge in [0, 0.05) is 42.4 Å². The van der Waals surface area contributed by atoms with E-state index < -0.39 is 0 Å². The molecule has 1 amide bonds. The van der Waals surface area contributed by atoms with Crippen LogP contribution in [0.5, 0.6) is 0 Å².